The van der Waals surface area contributed by atoms with Crippen molar-refractivity contribution < 1.29 is 0 Å². The Hall–Kier alpha value is -1.42. The van der Waals surface area contributed by atoms with Gasteiger partial charge in [-0.2, -0.15) is 0 Å². The molecule has 0 aromatic carbocycles. The molecule has 84 valence electrons. The minimum absolute atomic E-state index is 0.371. The van der Waals surface area contributed by atoms with Gasteiger partial charge in [-0.25, -0.2) is 4.98 Å². The van der Waals surface area contributed by atoms with Crippen molar-refractivity contribution in [1.82, 2.24) is 20.3 Å². The molecule has 0 aliphatic carbocycles. The van der Waals surface area contributed by atoms with Crippen LogP contribution < -0.4 is 5.32 Å². The fourth-order valence-corrected chi connectivity index (χ4v) is 2.36. The van der Waals surface area contributed by atoms with Crippen LogP contribution in [0.25, 0.3) is 11.0 Å². The fraction of sp³-hybridized carbons (Fsp3) is 0.500. The third-order valence-electron chi connectivity index (χ3n) is 3.30. The number of nitrogens with zero attached hydrogens (tertiary/aromatic N) is 2. The standard InChI is InChI=1S/C12H16N4/c1-8-2-5-14-10(6-8)12-15-9-3-4-13-7-11(9)16-12/h3-4,7-8,10,14H,2,5-6H2,1H3,(H,15,16). The minimum atomic E-state index is 0.371. The predicted molar refractivity (Wildman–Crippen MR) is 63.0 cm³/mol. The fourth-order valence-electron chi connectivity index (χ4n) is 2.36. The van der Waals surface area contributed by atoms with Gasteiger partial charge >= 0.3 is 0 Å². The second kappa shape index (κ2) is 3.87. The first-order valence-corrected chi connectivity index (χ1v) is 5.86. The molecule has 3 rings (SSSR count). The highest BCUT2D eigenvalue weighted by molar-refractivity contribution is 5.73. The summed E-state index contributed by atoms with van der Waals surface area (Å²) in [6, 6.07) is 2.32. The molecular formula is C12H16N4. The van der Waals surface area contributed by atoms with E-state index in [2.05, 4.69) is 27.2 Å². The van der Waals surface area contributed by atoms with Gasteiger partial charge in [0.05, 0.1) is 23.3 Å². The van der Waals surface area contributed by atoms with E-state index in [0.29, 0.717) is 6.04 Å². The first kappa shape index (κ1) is 9.78. The van der Waals surface area contributed by atoms with Crippen LogP contribution in [0, 0.1) is 5.92 Å². The Labute approximate surface area is 94.5 Å². The van der Waals surface area contributed by atoms with Crippen LogP contribution in [0.3, 0.4) is 0 Å². The molecule has 2 aromatic rings. The molecule has 4 nitrogen and oxygen atoms in total. The molecule has 4 heteroatoms. The van der Waals surface area contributed by atoms with Gasteiger partial charge in [0.2, 0.25) is 0 Å². The van der Waals surface area contributed by atoms with Crippen molar-refractivity contribution in [3.63, 3.8) is 0 Å². The predicted octanol–water partition coefficient (Wildman–Crippen LogP) is 2.02. The molecule has 0 bridgehead atoms. The van der Waals surface area contributed by atoms with E-state index in [1.807, 2.05) is 12.3 Å². The summed E-state index contributed by atoms with van der Waals surface area (Å²) in [5.74, 6) is 1.83. The van der Waals surface area contributed by atoms with Crippen LogP contribution in [0.15, 0.2) is 18.5 Å². The van der Waals surface area contributed by atoms with Crippen LogP contribution >= 0.6 is 0 Å². The van der Waals surface area contributed by atoms with Gasteiger partial charge < -0.3 is 10.3 Å². The lowest BCUT2D eigenvalue weighted by Gasteiger charge is -2.26. The van der Waals surface area contributed by atoms with Crippen LogP contribution in [0.1, 0.15) is 31.6 Å². The molecule has 0 saturated carbocycles. The van der Waals surface area contributed by atoms with Crippen molar-refractivity contribution >= 4 is 11.0 Å². The smallest absolute Gasteiger partial charge is 0.124 e. The Bertz CT molecular complexity index is 457. The van der Waals surface area contributed by atoms with Crippen LogP contribution in [0.4, 0.5) is 0 Å². The maximum atomic E-state index is 4.61. The number of aromatic nitrogens is 3. The van der Waals surface area contributed by atoms with Crippen LogP contribution in [0.5, 0.6) is 0 Å². The number of imidazole rings is 1. The molecule has 1 fully saturated rings. The lowest BCUT2D eigenvalue weighted by Crippen LogP contribution is -2.31. The summed E-state index contributed by atoms with van der Waals surface area (Å²) < 4.78 is 0. The average Bonchev–Trinajstić information content (AvgIpc) is 2.72. The molecule has 2 aromatic heterocycles. The van der Waals surface area contributed by atoms with Gasteiger partial charge in [0.25, 0.3) is 0 Å². The molecule has 2 atom stereocenters. The third kappa shape index (κ3) is 1.69. The zero-order valence-electron chi connectivity index (χ0n) is 9.40. The quantitative estimate of drug-likeness (QED) is 0.766. The molecule has 0 radical (unpaired) electrons. The highest BCUT2D eigenvalue weighted by Gasteiger charge is 2.22. The van der Waals surface area contributed by atoms with Crippen molar-refractivity contribution in [1.29, 1.82) is 0 Å². The van der Waals surface area contributed by atoms with Crippen molar-refractivity contribution in [3.05, 3.63) is 24.3 Å². The van der Waals surface area contributed by atoms with E-state index in [1.165, 1.54) is 6.42 Å². The van der Waals surface area contributed by atoms with Crippen molar-refractivity contribution in [3.8, 4) is 0 Å². The lowest BCUT2D eigenvalue weighted by molar-refractivity contribution is 0.317. The maximum Gasteiger partial charge on any atom is 0.124 e. The van der Waals surface area contributed by atoms with Gasteiger partial charge in [0, 0.05) is 6.20 Å². The van der Waals surface area contributed by atoms with Gasteiger partial charge in [-0.15, -0.1) is 0 Å². The normalized spacial score (nSPS) is 26.1. The van der Waals surface area contributed by atoms with E-state index in [9.17, 15) is 0 Å². The van der Waals surface area contributed by atoms with E-state index in [-0.39, 0.29) is 0 Å². The van der Waals surface area contributed by atoms with Gasteiger partial charge in [-0.05, 0) is 31.4 Å². The molecule has 1 aliphatic rings. The Morgan fingerprint density at radius 1 is 1.44 bits per heavy atom. The van der Waals surface area contributed by atoms with Crippen molar-refractivity contribution in [2.24, 2.45) is 5.92 Å². The number of rotatable bonds is 1. The van der Waals surface area contributed by atoms with Gasteiger partial charge in [-0.3, -0.25) is 4.98 Å². The number of hydrogen-bond acceptors (Lipinski definition) is 3. The topological polar surface area (TPSA) is 53.6 Å². The Morgan fingerprint density at radius 2 is 2.38 bits per heavy atom. The SMILES string of the molecule is CC1CCNC(c2nc3ccncc3[nH]2)C1. The molecule has 0 spiro atoms. The zero-order chi connectivity index (χ0) is 11.0. The Kier molecular flexibility index (Phi) is 2.36. The number of hydrogen-bond donors (Lipinski definition) is 2. The second-order valence-corrected chi connectivity index (χ2v) is 4.65. The van der Waals surface area contributed by atoms with E-state index >= 15 is 0 Å². The monoisotopic (exact) mass is 216 g/mol. The first-order chi connectivity index (χ1) is 7.83. The second-order valence-electron chi connectivity index (χ2n) is 4.65. The maximum absolute atomic E-state index is 4.61. The highest BCUT2D eigenvalue weighted by atomic mass is 15.0. The first-order valence-electron chi connectivity index (χ1n) is 5.86. The molecule has 0 amide bonds. The van der Waals surface area contributed by atoms with Gasteiger partial charge in [-0.1, -0.05) is 6.92 Å². The van der Waals surface area contributed by atoms with E-state index in [4.69, 9.17) is 0 Å². The summed E-state index contributed by atoms with van der Waals surface area (Å²) in [6.45, 7) is 3.39. The number of piperidine rings is 1. The number of fused-ring (bicyclic) bond motifs is 1. The summed E-state index contributed by atoms with van der Waals surface area (Å²) in [7, 11) is 0. The summed E-state index contributed by atoms with van der Waals surface area (Å²) in [6.07, 6.45) is 6.04. The highest BCUT2D eigenvalue weighted by Crippen LogP contribution is 2.26. The molecule has 3 heterocycles. The van der Waals surface area contributed by atoms with Crippen molar-refractivity contribution in [2.45, 2.75) is 25.8 Å². The minimum Gasteiger partial charge on any atom is -0.339 e. The molecule has 2 unspecified atom stereocenters. The summed E-state index contributed by atoms with van der Waals surface area (Å²) in [4.78, 5) is 12.1. The zero-order valence-corrected chi connectivity index (χ0v) is 9.40. The molecule has 16 heavy (non-hydrogen) atoms. The summed E-state index contributed by atoms with van der Waals surface area (Å²) >= 11 is 0. The van der Waals surface area contributed by atoms with Gasteiger partial charge in [0.1, 0.15) is 5.82 Å². The average molecular weight is 216 g/mol. The number of nitrogens with one attached hydrogen (secondary N) is 2. The Morgan fingerprint density at radius 3 is 3.19 bits per heavy atom. The van der Waals surface area contributed by atoms with Crippen molar-refractivity contribution in [2.75, 3.05) is 6.54 Å². The summed E-state index contributed by atoms with van der Waals surface area (Å²) in [5, 5.41) is 3.51. The van der Waals surface area contributed by atoms with E-state index in [1.54, 1.807) is 6.20 Å². The van der Waals surface area contributed by atoms with E-state index in [0.717, 1.165) is 35.7 Å². The lowest BCUT2D eigenvalue weighted by atomic mass is 9.94. The van der Waals surface area contributed by atoms with Gasteiger partial charge in [0.15, 0.2) is 0 Å². The molecule has 2 N–H and O–H groups in total. The van der Waals surface area contributed by atoms with Crippen LogP contribution in [0.2, 0.25) is 0 Å². The molecule has 1 saturated heterocycles. The largest absolute Gasteiger partial charge is 0.339 e. The molecular weight excluding hydrogens is 200 g/mol. The number of aromatic amines is 1. The van der Waals surface area contributed by atoms with Crippen LogP contribution in [-0.4, -0.2) is 21.5 Å². The molecule has 1 aliphatic heterocycles. The number of H-pyrrole nitrogens is 1. The number of pyridine rings is 1. The summed E-state index contributed by atoms with van der Waals surface area (Å²) in [5.41, 5.74) is 2.03. The van der Waals surface area contributed by atoms with Crippen LogP contribution in [-0.2, 0) is 0 Å². The van der Waals surface area contributed by atoms with E-state index < -0.39 is 0 Å². The Balaban J connectivity index is 1.93. The third-order valence-corrected chi connectivity index (χ3v) is 3.30.